The van der Waals surface area contributed by atoms with Gasteiger partial charge in [0.15, 0.2) is 0 Å². The maximum Gasteiger partial charge on any atom is 0.259 e. The lowest BCUT2D eigenvalue weighted by atomic mass is 9.80. The molecule has 1 amide bonds. The summed E-state index contributed by atoms with van der Waals surface area (Å²) in [5.74, 6) is -4.34. The summed E-state index contributed by atoms with van der Waals surface area (Å²) in [7, 11) is 0. The number of carbonyl (C=O) groups is 1. The van der Waals surface area contributed by atoms with E-state index in [2.05, 4.69) is 5.32 Å². The molecule has 2 nitrogen and oxygen atoms in total. The zero-order chi connectivity index (χ0) is 10.1. The minimum absolute atomic E-state index is 0.0103. The van der Waals surface area contributed by atoms with Gasteiger partial charge in [-0.25, -0.2) is 8.78 Å². The molecule has 0 aliphatic heterocycles. The van der Waals surface area contributed by atoms with Crippen molar-refractivity contribution in [2.24, 2.45) is 5.92 Å². The van der Waals surface area contributed by atoms with Crippen LogP contribution in [-0.4, -0.2) is 17.9 Å². The molecular formula is C9H15F2NO. The van der Waals surface area contributed by atoms with Crippen molar-refractivity contribution in [2.45, 2.75) is 45.1 Å². The molecule has 0 aromatic carbocycles. The molecule has 0 heterocycles. The van der Waals surface area contributed by atoms with Crippen LogP contribution in [0.25, 0.3) is 0 Å². The molecule has 1 fully saturated rings. The number of nitrogens with one attached hydrogen (secondary N) is 1. The van der Waals surface area contributed by atoms with E-state index in [0.717, 1.165) is 6.42 Å². The molecule has 1 rings (SSSR count). The monoisotopic (exact) mass is 191 g/mol. The van der Waals surface area contributed by atoms with E-state index >= 15 is 0 Å². The minimum Gasteiger partial charge on any atom is -0.353 e. The van der Waals surface area contributed by atoms with Gasteiger partial charge in [0.05, 0.1) is 0 Å². The number of hydrogen-bond donors (Lipinski definition) is 1. The maximum atomic E-state index is 12.7. The highest BCUT2D eigenvalue weighted by molar-refractivity contribution is 5.80. The summed E-state index contributed by atoms with van der Waals surface area (Å²) in [4.78, 5) is 11.2. The quantitative estimate of drug-likeness (QED) is 0.725. The van der Waals surface area contributed by atoms with Gasteiger partial charge in [0.2, 0.25) is 5.91 Å². The van der Waals surface area contributed by atoms with Crippen molar-refractivity contribution in [1.82, 2.24) is 5.32 Å². The van der Waals surface area contributed by atoms with Crippen molar-refractivity contribution in [2.75, 3.05) is 0 Å². The molecule has 0 radical (unpaired) electrons. The summed E-state index contributed by atoms with van der Waals surface area (Å²) in [5, 5.41) is 2.57. The third-order valence-electron chi connectivity index (χ3n) is 2.59. The van der Waals surface area contributed by atoms with E-state index in [1.807, 2.05) is 13.8 Å². The Morgan fingerprint density at radius 1 is 1.69 bits per heavy atom. The van der Waals surface area contributed by atoms with Crippen LogP contribution in [0.4, 0.5) is 8.78 Å². The summed E-state index contributed by atoms with van der Waals surface area (Å²) < 4.78 is 25.5. The van der Waals surface area contributed by atoms with Crippen LogP contribution in [0.2, 0.25) is 0 Å². The summed E-state index contributed by atoms with van der Waals surface area (Å²) >= 11 is 0. The van der Waals surface area contributed by atoms with E-state index in [0.29, 0.717) is 6.42 Å². The van der Waals surface area contributed by atoms with Crippen molar-refractivity contribution in [3.63, 3.8) is 0 Å². The first-order valence-corrected chi connectivity index (χ1v) is 4.65. The molecule has 1 saturated carbocycles. The van der Waals surface area contributed by atoms with E-state index in [4.69, 9.17) is 0 Å². The molecule has 13 heavy (non-hydrogen) atoms. The minimum atomic E-state index is -2.77. The predicted molar refractivity (Wildman–Crippen MR) is 45.6 cm³/mol. The van der Waals surface area contributed by atoms with Crippen molar-refractivity contribution in [1.29, 1.82) is 0 Å². The molecule has 0 aromatic rings. The van der Waals surface area contributed by atoms with Crippen LogP contribution >= 0.6 is 0 Å². The van der Waals surface area contributed by atoms with Gasteiger partial charge in [0, 0.05) is 12.5 Å². The second kappa shape index (κ2) is 3.60. The van der Waals surface area contributed by atoms with Crippen LogP contribution < -0.4 is 5.32 Å². The van der Waals surface area contributed by atoms with Crippen molar-refractivity contribution in [3.05, 3.63) is 0 Å². The molecule has 0 saturated heterocycles. The standard InChI is InChI=1S/C9H15F2NO/c1-3-6(2)12-8(13)7-4-5-9(7,10)11/h6-7H,3-5H2,1-2H3,(H,12,13). The Balaban J connectivity index is 2.41. The fraction of sp³-hybridized carbons (Fsp3) is 0.889. The summed E-state index contributed by atoms with van der Waals surface area (Å²) in [5.41, 5.74) is 0. The van der Waals surface area contributed by atoms with Crippen molar-refractivity contribution in [3.8, 4) is 0 Å². The molecule has 2 atom stereocenters. The molecule has 1 aliphatic rings. The molecule has 1 N–H and O–H groups in total. The zero-order valence-electron chi connectivity index (χ0n) is 7.94. The van der Waals surface area contributed by atoms with Gasteiger partial charge in [-0.05, 0) is 19.8 Å². The van der Waals surface area contributed by atoms with Gasteiger partial charge in [0.25, 0.3) is 5.92 Å². The molecule has 4 heteroatoms. The lowest BCUT2D eigenvalue weighted by Gasteiger charge is -2.35. The van der Waals surface area contributed by atoms with Gasteiger partial charge >= 0.3 is 0 Å². The Morgan fingerprint density at radius 2 is 2.31 bits per heavy atom. The summed E-state index contributed by atoms with van der Waals surface area (Å²) in [6.07, 6.45) is 0.935. The van der Waals surface area contributed by atoms with Crippen LogP contribution in [0, 0.1) is 5.92 Å². The number of amides is 1. The lowest BCUT2D eigenvalue weighted by molar-refractivity contribution is -0.162. The van der Waals surface area contributed by atoms with E-state index in [9.17, 15) is 13.6 Å². The van der Waals surface area contributed by atoms with Gasteiger partial charge in [-0.3, -0.25) is 4.79 Å². The Morgan fingerprint density at radius 3 is 2.62 bits per heavy atom. The largest absolute Gasteiger partial charge is 0.353 e. The van der Waals surface area contributed by atoms with Gasteiger partial charge in [0.1, 0.15) is 5.92 Å². The first kappa shape index (κ1) is 10.4. The first-order valence-electron chi connectivity index (χ1n) is 4.65. The van der Waals surface area contributed by atoms with E-state index < -0.39 is 17.7 Å². The Bertz CT molecular complexity index is 206. The highest BCUT2D eigenvalue weighted by Crippen LogP contribution is 2.43. The normalized spacial score (nSPS) is 27.5. The van der Waals surface area contributed by atoms with Crippen molar-refractivity contribution < 1.29 is 13.6 Å². The average molecular weight is 191 g/mol. The second-order valence-corrected chi connectivity index (χ2v) is 3.67. The van der Waals surface area contributed by atoms with E-state index in [1.165, 1.54) is 0 Å². The van der Waals surface area contributed by atoms with Crippen LogP contribution in [0.5, 0.6) is 0 Å². The molecule has 2 unspecified atom stereocenters. The average Bonchev–Trinajstić information content (AvgIpc) is 2.02. The topological polar surface area (TPSA) is 29.1 Å². The van der Waals surface area contributed by atoms with Gasteiger partial charge < -0.3 is 5.32 Å². The van der Waals surface area contributed by atoms with Gasteiger partial charge in [-0.1, -0.05) is 6.92 Å². The van der Waals surface area contributed by atoms with Crippen LogP contribution in [0.3, 0.4) is 0 Å². The predicted octanol–water partition coefficient (Wildman–Crippen LogP) is 1.95. The SMILES string of the molecule is CCC(C)NC(=O)C1CCC1(F)F. The fourth-order valence-corrected chi connectivity index (χ4v) is 1.28. The third kappa shape index (κ3) is 2.17. The Kier molecular flexibility index (Phi) is 2.88. The summed E-state index contributed by atoms with van der Waals surface area (Å²) in [6, 6.07) is -0.0103. The highest BCUT2D eigenvalue weighted by Gasteiger charge is 2.52. The molecule has 76 valence electrons. The number of rotatable bonds is 3. The fourth-order valence-electron chi connectivity index (χ4n) is 1.28. The van der Waals surface area contributed by atoms with Crippen LogP contribution in [-0.2, 0) is 4.79 Å². The Labute approximate surface area is 76.7 Å². The maximum absolute atomic E-state index is 12.7. The highest BCUT2D eigenvalue weighted by atomic mass is 19.3. The zero-order valence-corrected chi connectivity index (χ0v) is 7.94. The van der Waals surface area contributed by atoms with Gasteiger partial charge in [-0.15, -0.1) is 0 Å². The number of carbonyl (C=O) groups excluding carboxylic acids is 1. The van der Waals surface area contributed by atoms with Crippen LogP contribution in [0.1, 0.15) is 33.1 Å². The van der Waals surface area contributed by atoms with Crippen LogP contribution in [0.15, 0.2) is 0 Å². The van der Waals surface area contributed by atoms with E-state index in [1.54, 1.807) is 0 Å². The number of halogens is 2. The molecule has 0 bridgehead atoms. The Hall–Kier alpha value is -0.670. The second-order valence-electron chi connectivity index (χ2n) is 3.67. The molecular weight excluding hydrogens is 176 g/mol. The summed E-state index contributed by atoms with van der Waals surface area (Å²) in [6.45, 7) is 3.72. The molecule has 0 spiro atoms. The number of hydrogen-bond acceptors (Lipinski definition) is 1. The molecule has 0 aromatic heterocycles. The lowest BCUT2D eigenvalue weighted by Crippen LogP contribution is -2.50. The first-order chi connectivity index (χ1) is 5.97. The third-order valence-corrected chi connectivity index (χ3v) is 2.59. The molecule has 1 aliphatic carbocycles. The van der Waals surface area contributed by atoms with Crippen molar-refractivity contribution >= 4 is 5.91 Å². The number of alkyl halides is 2. The smallest absolute Gasteiger partial charge is 0.259 e. The van der Waals surface area contributed by atoms with Gasteiger partial charge in [-0.2, -0.15) is 0 Å². The van der Waals surface area contributed by atoms with E-state index in [-0.39, 0.29) is 12.5 Å².